The van der Waals surface area contributed by atoms with E-state index in [4.69, 9.17) is 14.2 Å². The summed E-state index contributed by atoms with van der Waals surface area (Å²) in [5.74, 6) is -3.35. The number of benzene rings is 1. The van der Waals surface area contributed by atoms with Crippen molar-refractivity contribution in [1.29, 1.82) is 0 Å². The first-order chi connectivity index (χ1) is 23.7. The van der Waals surface area contributed by atoms with Crippen molar-refractivity contribution in [2.75, 3.05) is 13.7 Å². The van der Waals surface area contributed by atoms with Gasteiger partial charge in [0.15, 0.2) is 11.6 Å². The highest BCUT2D eigenvalue weighted by Gasteiger charge is 2.62. The Hall–Kier alpha value is -4.47. The number of hydrogen-bond donors (Lipinski definition) is 3. The zero-order valence-corrected chi connectivity index (χ0v) is 30.7. The minimum Gasteiger partial charge on any atom is -0.494 e. The minimum absolute atomic E-state index is 0.0283. The van der Waals surface area contributed by atoms with Gasteiger partial charge in [-0.1, -0.05) is 26.8 Å². The van der Waals surface area contributed by atoms with Crippen LogP contribution in [0.1, 0.15) is 67.2 Å². The van der Waals surface area contributed by atoms with Crippen molar-refractivity contribution in [1.82, 2.24) is 25.2 Å². The maximum Gasteiger partial charge on any atom is 0.408 e. The van der Waals surface area contributed by atoms with Crippen molar-refractivity contribution in [3.63, 3.8) is 0 Å². The number of carbonyl (C=O) groups excluding carboxylic acids is 4. The van der Waals surface area contributed by atoms with Gasteiger partial charge in [0.05, 0.1) is 18.9 Å². The number of aromatic nitrogens is 1. The van der Waals surface area contributed by atoms with E-state index >= 15 is 0 Å². The van der Waals surface area contributed by atoms with Gasteiger partial charge in [-0.3, -0.25) is 19.1 Å². The highest BCUT2D eigenvalue weighted by Crippen LogP contribution is 2.45. The maximum atomic E-state index is 14.8. The number of ether oxygens (including phenoxy) is 3. The zero-order chi connectivity index (χ0) is 37.7. The van der Waals surface area contributed by atoms with E-state index in [1.165, 1.54) is 36.4 Å². The second-order valence-electron chi connectivity index (χ2n) is 15.4. The number of nitrogens with zero attached hydrogens (tertiary/aromatic N) is 2. The Morgan fingerprint density at radius 3 is 2.39 bits per heavy atom. The first kappa shape index (κ1) is 37.8. The molecule has 278 valence electrons. The monoisotopic (exact) mass is 731 g/mol. The molecule has 0 bridgehead atoms. The van der Waals surface area contributed by atoms with Gasteiger partial charge in [0, 0.05) is 23.9 Å². The molecule has 2 heterocycles. The van der Waals surface area contributed by atoms with Gasteiger partial charge < -0.3 is 29.7 Å². The molecule has 0 radical (unpaired) electrons. The zero-order valence-electron chi connectivity index (χ0n) is 29.9. The molecule has 3 fully saturated rings. The molecule has 5 atom stereocenters. The van der Waals surface area contributed by atoms with Crippen LogP contribution in [0.25, 0.3) is 10.8 Å². The van der Waals surface area contributed by atoms with Gasteiger partial charge in [-0.2, -0.15) is 0 Å². The summed E-state index contributed by atoms with van der Waals surface area (Å²) in [7, 11) is -2.58. The topological polar surface area (TPSA) is 182 Å². The summed E-state index contributed by atoms with van der Waals surface area (Å²) in [6.07, 6.45) is 2.16. The Balaban J connectivity index is 1.46. The van der Waals surface area contributed by atoms with Crippen molar-refractivity contribution in [2.45, 2.75) is 102 Å². The third kappa shape index (κ3) is 8.21. The third-order valence-electron chi connectivity index (χ3n) is 9.15. The smallest absolute Gasteiger partial charge is 0.408 e. The van der Waals surface area contributed by atoms with Crippen molar-refractivity contribution < 1.29 is 46.2 Å². The molecule has 1 aliphatic heterocycles. The number of pyridine rings is 1. The number of likely N-dealkylation sites (tertiary alicyclic amines) is 1. The lowest BCUT2D eigenvalue weighted by molar-refractivity contribution is -0.143. The molecule has 2 aromatic rings. The van der Waals surface area contributed by atoms with E-state index in [1.807, 2.05) is 0 Å². The fourth-order valence-electron chi connectivity index (χ4n) is 6.19. The Morgan fingerprint density at radius 1 is 1.14 bits per heavy atom. The standard InChI is InChI=1S/C35H46FN5O9S/c1-9-20-17-35(20,31(44)40-51(46,47)22-10-11-22)39-28(42)25-15-21(49-29-23-16-24(36)26(48-8)14-19(23)12-13-37-29)18-41(25)30(43)27(33(2,3)4)38-32(45)50-34(5,6)7/h9,12-14,16,20-22,25,27H,1,10-11,15,17-18H2,2-8H3,(H,38,45)(H,39,42)(H,40,44)/t20-,21-,25-,27-,35-/m1/s1. The number of nitrogens with one attached hydrogen (secondary N) is 3. The Kier molecular flexibility index (Phi) is 10.1. The van der Waals surface area contributed by atoms with Gasteiger partial charge in [0.25, 0.3) is 5.91 Å². The fourth-order valence-corrected chi connectivity index (χ4v) is 7.55. The summed E-state index contributed by atoms with van der Waals surface area (Å²) in [5, 5.41) is 5.63. The molecule has 1 aromatic carbocycles. The van der Waals surface area contributed by atoms with Crippen LogP contribution in [0.5, 0.6) is 11.6 Å². The minimum atomic E-state index is -3.92. The molecule has 2 saturated carbocycles. The van der Waals surface area contributed by atoms with Gasteiger partial charge >= 0.3 is 6.09 Å². The predicted octanol–water partition coefficient (Wildman–Crippen LogP) is 3.34. The number of methoxy groups -OCH3 is 1. The largest absolute Gasteiger partial charge is 0.494 e. The number of alkyl carbamates (subject to hydrolysis) is 1. The molecule has 51 heavy (non-hydrogen) atoms. The van der Waals surface area contributed by atoms with Gasteiger partial charge in [0.2, 0.25) is 27.7 Å². The van der Waals surface area contributed by atoms with Crippen LogP contribution in [0.15, 0.2) is 37.1 Å². The van der Waals surface area contributed by atoms with Crippen LogP contribution in [-0.2, 0) is 29.1 Å². The van der Waals surface area contributed by atoms with Crippen LogP contribution >= 0.6 is 0 Å². The number of carbonyl (C=O) groups is 4. The van der Waals surface area contributed by atoms with Crippen molar-refractivity contribution >= 4 is 44.6 Å². The number of amides is 4. The highest BCUT2D eigenvalue weighted by atomic mass is 32.2. The summed E-state index contributed by atoms with van der Waals surface area (Å²) >= 11 is 0. The molecule has 3 N–H and O–H groups in total. The Bertz CT molecular complexity index is 1850. The summed E-state index contributed by atoms with van der Waals surface area (Å²) in [5.41, 5.74) is -3.31. The molecule has 0 unspecified atom stereocenters. The Labute approximate surface area is 296 Å². The SMILES string of the molecule is C=C[C@@H]1C[C@]1(NC(=O)[C@H]1C[C@@H](Oc2nccc3cc(OC)c(F)cc23)CN1C(=O)[C@@H](NC(=O)OC(C)(C)C)C(C)(C)C)C(=O)NS(=O)(=O)C1CC1. The van der Waals surface area contributed by atoms with Crippen molar-refractivity contribution in [2.24, 2.45) is 11.3 Å². The van der Waals surface area contributed by atoms with Crippen LogP contribution in [-0.4, -0.2) is 90.3 Å². The number of sulfonamides is 1. The van der Waals surface area contributed by atoms with Gasteiger partial charge in [-0.15, -0.1) is 6.58 Å². The van der Waals surface area contributed by atoms with E-state index in [0.717, 1.165) is 0 Å². The molecule has 1 aromatic heterocycles. The van der Waals surface area contributed by atoms with Crippen LogP contribution < -0.4 is 24.8 Å². The molecule has 3 aliphatic rings. The van der Waals surface area contributed by atoms with Gasteiger partial charge in [-0.05, 0) is 69.0 Å². The molecule has 2 aliphatic carbocycles. The third-order valence-corrected chi connectivity index (χ3v) is 11.0. The molecule has 0 spiro atoms. The summed E-state index contributed by atoms with van der Waals surface area (Å²) < 4.78 is 58.9. The van der Waals surface area contributed by atoms with Crippen LogP contribution in [0.4, 0.5) is 9.18 Å². The fraction of sp³-hybridized carbons (Fsp3) is 0.571. The summed E-state index contributed by atoms with van der Waals surface area (Å²) in [6, 6.07) is 1.98. The predicted molar refractivity (Wildman–Crippen MR) is 185 cm³/mol. The average Bonchev–Trinajstić information content (AvgIpc) is 3.95. The second kappa shape index (κ2) is 13.6. The van der Waals surface area contributed by atoms with Crippen molar-refractivity contribution in [3.8, 4) is 11.6 Å². The van der Waals surface area contributed by atoms with E-state index in [1.54, 1.807) is 47.6 Å². The summed E-state index contributed by atoms with van der Waals surface area (Å²) in [4.78, 5) is 60.5. The number of rotatable bonds is 11. The lowest BCUT2D eigenvalue weighted by Gasteiger charge is -2.36. The quantitative estimate of drug-likeness (QED) is 0.290. The number of fused-ring (bicyclic) bond motifs is 1. The van der Waals surface area contributed by atoms with E-state index in [0.29, 0.717) is 23.6 Å². The number of halogens is 1. The highest BCUT2D eigenvalue weighted by molar-refractivity contribution is 7.91. The van der Waals surface area contributed by atoms with Crippen LogP contribution in [0.3, 0.4) is 0 Å². The number of hydrogen-bond acceptors (Lipinski definition) is 10. The van der Waals surface area contributed by atoms with Crippen molar-refractivity contribution in [3.05, 3.63) is 42.9 Å². The lowest BCUT2D eigenvalue weighted by atomic mass is 9.85. The lowest BCUT2D eigenvalue weighted by Crippen LogP contribution is -2.60. The molecule has 1 saturated heterocycles. The van der Waals surface area contributed by atoms with E-state index in [9.17, 15) is 32.0 Å². The molecule has 14 nitrogen and oxygen atoms in total. The molecular formula is C35H46FN5O9S. The van der Waals surface area contributed by atoms with Crippen LogP contribution in [0, 0.1) is 17.2 Å². The Morgan fingerprint density at radius 2 is 1.82 bits per heavy atom. The molecule has 16 heteroatoms. The summed E-state index contributed by atoms with van der Waals surface area (Å²) in [6.45, 7) is 13.9. The van der Waals surface area contributed by atoms with E-state index in [2.05, 4.69) is 26.9 Å². The first-order valence-electron chi connectivity index (χ1n) is 16.8. The van der Waals surface area contributed by atoms with Gasteiger partial charge in [-0.25, -0.2) is 22.6 Å². The first-order valence-corrected chi connectivity index (χ1v) is 18.3. The van der Waals surface area contributed by atoms with E-state index in [-0.39, 0.29) is 31.0 Å². The molecular weight excluding hydrogens is 685 g/mol. The molecule has 4 amide bonds. The maximum absolute atomic E-state index is 14.8. The second-order valence-corrected chi connectivity index (χ2v) is 17.4. The average molecular weight is 732 g/mol. The normalized spacial score (nSPS) is 23.9. The van der Waals surface area contributed by atoms with E-state index < -0.39 is 85.6 Å². The van der Waals surface area contributed by atoms with Gasteiger partial charge in [0.1, 0.15) is 29.3 Å². The van der Waals surface area contributed by atoms with Crippen LogP contribution in [0.2, 0.25) is 0 Å². The molecule has 5 rings (SSSR count).